The molecule has 0 heterocycles. The summed E-state index contributed by atoms with van der Waals surface area (Å²) in [6.07, 6.45) is 0. The molecule has 2 rings (SSSR count). The first kappa shape index (κ1) is 13.4. The van der Waals surface area contributed by atoms with Crippen LogP contribution in [0, 0.1) is 23.3 Å². The largest absolute Gasteiger partial charge is 0.378 e. The first-order chi connectivity index (χ1) is 8.95. The second-order valence-electron chi connectivity index (χ2n) is 4.20. The van der Waals surface area contributed by atoms with E-state index in [1.807, 2.05) is 0 Å². The van der Waals surface area contributed by atoms with Crippen LogP contribution in [0.5, 0.6) is 0 Å². The zero-order valence-electron chi connectivity index (χ0n) is 10.1. The summed E-state index contributed by atoms with van der Waals surface area (Å²) < 4.78 is 51.9. The van der Waals surface area contributed by atoms with Gasteiger partial charge in [0.15, 0.2) is 11.6 Å². The molecule has 0 aliphatic heterocycles. The van der Waals surface area contributed by atoms with Crippen molar-refractivity contribution in [2.24, 2.45) is 0 Å². The van der Waals surface area contributed by atoms with Crippen molar-refractivity contribution in [3.8, 4) is 0 Å². The molecule has 0 aliphatic rings. The molecule has 0 bridgehead atoms. The number of halogens is 4. The smallest absolute Gasteiger partial charge is 0.159 e. The van der Waals surface area contributed by atoms with Gasteiger partial charge in [-0.25, -0.2) is 17.6 Å². The molecule has 0 saturated carbocycles. The van der Waals surface area contributed by atoms with E-state index in [2.05, 4.69) is 5.32 Å². The van der Waals surface area contributed by atoms with Crippen LogP contribution in [0.3, 0.4) is 0 Å². The zero-order valence-corrected chi connectivity index (χ0v) is 10.1. The number of hydrogen-bond donors (Lipinski definition) is 1. The minimum absolute atomic E-state index is 0.231. The van der Waals surface area contributed by atoms with Gasteiger partial charge in [0.2, 0.25) is 0 Å². The summed E-state index contributed by atoms with van der Waals surface area (Å²) in [7, 11) is 0. The molecule has 5 heteroatoms. The third-order valence-electron chi connectivity index (χ3n) is 2.69. The summed E-state index contributed by atoms with van der Waals surface area (Å²) in [5.41, 5.74) is 0.707. The molecule has 2 aromatic carbocycles. The highest BCUT2D eigenvalue weighted by Gasteiger charge is 2.10. The third kappa shape index (κ3) is 3.24. The van der Waals surface area contributed by atoms with Crippen molar-refractivity contribution in [2.45, 2.75) is 13.0 Å². The Morgan fingerprint density at radius 1 is 0.842 bits per heavy atom. The molecule has 0 fully saturated rings. The van der Waals surface area contributed by atoms with E-state index in [9.17, 15) is 17.6 Å². The molecule has 0 radical (unpaired) electrons. The van der Waals surface area contributed by atoms with Crippen molar-refractivity contribution >= 4 is 5.69 Å². The third-order valence-corrected chi connectivity index (χ3v) is 2.69. The summed E-state index contributed by atoms with van der Waals surface area (Å²) in [4.78, 5) is 0. The van der Waals surface area contributed by atoms with Gasteiger partial charge in [0.05, 0.1) is 0 Å². The number of hydrogen-bond acceptors (Lipinski definition) is 1. The molecule has 0 amide bonds. The lowest BCUT2D eigenvalue weighted by molar-refractivity contribution is 0.506. The van der Waals surface area contributed by atoms with Crippen LogP contribution in [0.4, 0.5) is 23.2 Å². The van der Waals surface area contributed by atoms with Gasteiger partial charge in [0.1, 0.15) is 11.6 Å². The van der Waals surface area contributed by atoms with E-state index in [0.717, 1.165) is 30.3 Å². The van der Waals surface area contributed by atoms with Crippen molar-refractivity contribution in [1.29, 1.82) is 0 Å². The van der Waals surface area contributed by atoms with Gasteiger partial charge in [-0.3, -0.25) is 0 Å². The number of benzene rings is 2. The molecule has 100 valence electrons. The lowest BCUT2D eigenvalue weighted by Crippen LogP contribution is -2.07. The fourth-order valence-corrected chi connectivity index (χ4v) is 1.75. The van der Waals surface area contributed by atoms with Crippen LogP contribution in [0.2, 0.25) is 0 Å². The highest BCUT2D eigenvalue weighted by Crippen LogP contribution is 2.22. The molecule has 1 N–H and O–H groups in total. The minimum Gasteiger partial charge on any atom is -0.378 e. The summed E-state index contributed by atoms with van der Waals surface area (Å²) in [5, 5.41) is 2.82. The summed E-state index contributed by atoms with van der Waals surface area (Å²) in [5.74, 6) is -3.32. The molecule has 1 atom stereocenters. The summed E-state index contributed by atoms with van der Waals surface area (Å²) in [6, 6.07) is 6.05. The molecule has 0 saturated heterocycles. The van der Waals surface area contributed by atoms with E-state index in [1.54, 1.807) is 6.92 Å². The van der Waals surface area contributed by atoms with Crippen LogP contribution in [0.15, 0.2) is 36.4 Å². The van der Waals surface area contributed by atoms with Crippen LogP contribution >= 0.6 is 0 Å². The first-order valence-corrected chi connectivity index (χ1v) is 5.63. The maximum Gasteiger partial charge on any atom is 0.159 e. The lowest BCUT2D eigenvalue weighted by atomic mass is 10.1. The fourth-order valence-electron chi connectivity index (χ4n) is 1.75. The lowest BCUT2D eigenvalue weighted by Gasteiger charge is -2.16. The predicted octanol–water partition coefficient (Wildman–Crippen LogP) is 4.42. The zero-order chi connectivity index (χ0) is 14.0. The maximum atomic E-state index is 13.1. The Kier molecular flexibility index (Phi) is 3.74. The first-order valence-electron chi connectivity index (χ1n) is 5.63. The average Bonchev–Trinajstić information content (AvgIpc) is 2.31. The van der Waals surface area contributed by atoms with E-state index in [1.165, 1.54) is 6.07 Å². The van der Waals surface area contributed by atoms with Crippen molar-refractivity contribution in [1.82, 2.24) is 0 Å². The van der Waals surface area contributed by atoms with E-state index in [-0.39, 0.29) is 5.69 Å². The van der Waals surface area contributed by atoms with Crippen LogP contribution in [0.1, 0.15) is 18.5 Å². The van der Waals surface area contributed by atoms with Crippen molar-refractivity contribution in [3.05, 3.63) is 65.2 Å². The Morgan fingerprint density at radius 2 is 1.47 bits per heavy atom. The second kappa shape index (κ2) is 5.30. The van der Waals surface area contributed by atoms with Gasteiger partial charge in [0, 0.05) is 17.8 Å². The van der Waals surface area contributed by atoms with Gasteiger partial charge >= 0.3 is 0 Å². The number of nitrogens with one attached hydrogen (secondary N) is 1. The minimum atomic E-state index is -0.962. The van der Waals surface area contributed by atoms with Crippen LogP contribution in [0.25, 0.3) is 0 Å². The van der Waals surface area contributed by atoms with Crippen molar-refractivity contribution < 1.29 is 17.6 Å². The summed E-state index contributed by atoms with van der Waals surface area (Å²) in [6.45, 7) is 1.68. The molecular formula is C14H11F4N. The Labute approximate surface area is 107 Å². The van der Waals surface area contributed by atoms with E-state index >= 15 is 0 Å². The molecule has 19 heavy (non-hydrogen) atoms. The van der Waals surface area contributed by atoms with Gasteiger partial charge in [-0.15, -0.1) is 0 Å². The maximum absolute atomic E-state index is 13.1. The van der Waals surface area contributed by atoms with Crippen molar-refractivity contribution in [3.63, 3.8) is 0 Å². The highest BCUT2D eigenvalue weighted by atomic mass is 19.2. The van der Waals surface area contributed by atoms with E-state index < -0.39 is 29.3 Å². The molecule has 0 spiro atoms. The van der Waals surface area contributed by atoms with E-state index in [4.69, 9.17) is 0 Å². The normalized spacial score (nSPS) is 12.3. The van der Waals surface area contributed by atoms with Crippen molar-refractivity contribution in [2.75, 3.05) is 5.32 Å². The Bertz CT molecular complexity index is 578. The Morgan fingerprint density at radius 3 is 2.05 bits per heavy atom. The molecule has 0 aliphatic carbocycles. The molecular weight excluding hydrogens is 258 g/mol. The van der Waals surface area contributed by atoms with Crippen LogP contribution in [-0.4, -0.2) is 0 Å². The van der Waals surface area contributed by atoms with Crippen LogP contribution in [-0.2, 0) is 0 Å². The Hall–Kier alpha value is -2.04. The number of anilines is 1. The quantitative estimate of drug-likeness (QED) is 0.813. The van der Waals surface area contributed by atoms with Gasteiger partial charge in [-0.2, -0.15) is 0 Å². The van der Waals surface area contributed by atoms with Crippen LogP contribution < -0.4 is 5.32 Å². The SMILES string of the molecule is CC(Nc1cc(F)cc(F)c1)c1ccc(F)c(F)c1. The highest BCUT2D eigenvalue weighted by molar-refractivity contribution is 5.46. The van der Waals surface area contributed by atoms with Gasteiger partial charge < -0.3 is 5.32 Å². The molecule has 0 aromatic heterocycles. The predicted molar refractivity (Wildman–Crippen MR) is 64.8 cm³/mol. The summed E-state index contributed by atoms with van der Waals surface area (Å²) >= 11 is 0. The monoisotopic (exact) mass is 269 g/mol. The van der Waals surface area contributed by atoms with Gasteiger partial charge in [0.25, 0.3) is 0 Å². The molecule has 2 aromatic rings. The second-order valence-corrected chi connectivity index (χ2v) is 4.20. The van der Waals surface area contributed by atoms with Gasteiger partial charge in [-0.05, 0) is 36.8 Å². The molecule has 1 nitrogen and oxygen atoms in total. The van der Waals surface area contributed by atoms with E-state index in [0.29, 0.717) is 5.56 Å². The molecule has 1 unspecified atom stereocenters. The fraction of sp³-hybridized carbons (Fsp3) is 0.143. The topological polar surface area (TPSA) is 12.0 Å². The average molecular weight is 269 g/mol. The number of rotatable bonds is 3. The van der Waals surface area contributed by atoms with Gasteiger partial charge in [-0.1, -0.05) is 6.07 Å². The Balaban J connectivity index is 2.20. The standard InChI is InChI=1S/C14H11F4N/c1-8(9-2-3-13(17)14(18)4-9)19-12-6-10(15)5-11(16)7-12/h2-8,19H,1H3.